The Hall–Kier alpha value is -1.18. The zero-order chi connectivity index (χ0) is 14.6. The lowest BCUT2D eigenvalue weighted by atomic mass is 10.3. The highest BCUT2D eigenvalue weighted by molar-refractivity contribution is 7.88. The first kappa shape index (κ1) is 15.2. The normalized spacial score (nSPS) is 18.1. The van der Waals surface area contributed by atoms with Crippen LogP contribution in [0.5, 0.6) is 5.75 Å². The molecular formula is C13H19FN2O3S. The number of piperazine rings is 1. The van der Waals surface area contributed by atoms with E-state index in [9.17, 15) is 12.8 Å². The smallest absolute Gasteiger partial charge is 0.211 e. The molecule has 0 aliphatic carbocycles. The Bertz CT molecular complexity index is 525. The Morgan fingerprint density at radius 2 is 1.75 bits per heavy atom. The number of sulfonamides is 1. The third-order valence-corrected chi connectivity index (χ3v) is 4.59. The maximum Gasteiger partial charge on any atom is 0.211 e. The average Bonchev–Trinajstić information content (AvgIpc) is 2.41. The molecule has 0 atom stereocenters. The van der Waals surface area contributed by atoms with Crippen LogP contribution < -0.4 is 4.74 Å². The molecule has 0 unspecified atom stereocenters. The molecule has 0 amide bonds. The Labute approximate surface area is 119 Å². The van der Waals surface area contributed by atoms with Crippen LogP contribution in [0.4, 0.5) is 4.39 Å². The highest BCUT2D eigenvalue weighted by atomic mass is 32.2. The molecule has 7 heteroatoms. The standard InChI is InChI=1S/C13H19FN2O3S/c1-20(17,18)16-8-6-15(7-9-16)10-11-19-13-4-2-12(14)3-5-13/h2-5H,6-11H2,1H3. The van der Waals surface area contributed by atoms with Gasteiger partial charge < -0.3 is 4.74 Å². The molecule has 0 saturated carbocycles. The summed E-state index contributed by atoms with van der Waals surface area (Å²) in [7, 11) is -3.08. The van der Waals surface area contributed by atoms with Crippen LogP contribution in [-0.2, 0) is 10.0 Å². The second-order valence-electron chi connectivity index (χ2n) is 4.81. The van der Waals surface area contributed by atoms with Gasteiger partial charge in [-0.15, -0.1) is 0 Å². The molecule has 0 radical (unpaired) electrons. The number of benzene rings is 1. The number of hydrogen-bond acceptors (Lipinski definition) is 4. The van der Waals surface area contributed by atoms with Crippen LogP contribution in [0.2, 0.25) is 0 Å². The fourth-order valence-electron chi connectivity index (χ4n) is 2.11. The summed E-state index contributed by atoms with van der Waals surface area (Å²) in [6, 6.07) is 5.91. The van der Waals surface area contributed by atoms with Crippen molar-refractivity contribution in [1.82, 2.24) is 9.21 Å². The van der Waals surface area contributed by atoms with Gasteiger partial charge in [0.2, 0.25) is 10.0 Å². The van der Waals surface area contributed by atoms with E-state index in [0.29, 0.717) is 38.5 Å². The molecule has 1 saturated heterocycles. The first-order valence-corrected chi connectivity index (χ1v) is 8.36. The summed E-state index contributed by atoms with van der Waals surface area (Å²) in [5.41, 5.74) is 0. The summed E-state index contributed by atoms with van der Waals surface area (Å²) in [6.45, 7) is 3.70. The van der Waals surface area contributed by atoms with Gasteiger partial charge >= 0.3 is 0 Å². The molecule has 0 spiro atoms. The lowest BCUT2D eigenvalue weighted by Crippen LogP contribution is -2.49. The molecule has 1 aromatic carbocycles. The summed E-state index contributed by atoms with van der Waals surface area (Å²) >= 11 is 0. The van der Waals surface area contributed by atoms with Gasteiger partial charge in [0.15, 0.2) is 0 Å². The minimum atomic E-state index is -3.08. The van der Waals surface area contributed by atoms with Gasteiger partial charge in [-0.2, -0.15) is 4.31 Å². The fraction of sp³-hybridized carbons (Fsp3) is 0.538. The van der Waals surface area contributed by atoms with E-state index in [1.165, 1.54) is 22.7 Å². The number of ether oxygens (including phenoxy) is 1. The Balaban J connectivity index is 1.70. The minimum absolute atomic E-state index is 0.283. The predicted octanol–water partition coefficient (Wildman–Crippen LogP) is 0.782. The van der Waals surface area contributed by atoms with Crippen molar-refractivity contribution >= 4 is 10.0 Å². The zero-order valence-electron chi connectivity index (χ0n) is 11.5. The van der Waals surface area contributed by atoms with E-state index in [1.54, 1.807) is 12.1 Å². The second kappa shape index (κ2) is 6.51. The van der Waals surface area contributed by atoms with Crippen LogP contribution in [0.1, 0.15) is 0 Å². The van der Waals surface area contributed by atoms with Gasteiger partial charge in [-0.1, -0.05) is 0 Å². The van der Waals surface area contributed by atoms with Crippen LogP contribution in [0.3, 0.4) is 0 Å². The van der Waals surface area contributed by atoms with E-state index in [0.717, 1.165) is 6.54 Å². The summed E-state index contributed by atoms with van der Waals surface area (Å²) in [6.07, 6.45) is 1.24. The highest BCUT2D eigenvalue weighted by Gasteiger charge is 2.22. The van der Waals surface area contributed by atoms with E-state index < -0.39 is 10.0 Å². The number of hydrogen-bond donors (Lipinski definition) is 0. The SMILES string of the molecule is CS(=O)(=O)N1CCN(CCOc2ccc(F)cc2)CC1. The van der Waals surface area contributed by atoms with Crippen molar-refractivity contribution in [3.8, 4) is 5.75 Å². The van der Waals surface area contributed by atoms with Gasteiger partial charge in [-0.05, 0) is 24.3 Å². The van der Waals surface area contributed by atoms with E-state index in [-0.39, 0.29) is 5.82 Å². The molecule has 0 N–H and O–H groups in total. The molecular weight excluding hydrogens is 283 g/mol. The minimum Gasteiger partial charge on any atom is -0.492 e. The number of nitrogens with zero attached hydrogens (tertiary/aromatic N) is 2. The molecule has 112 valence electrons. The molecule has 20 heavy (non-hydrogen) atoms. The van der Waals surface area contributed by atoms with Gasteiger partial charge in [-0.3, -0.25) is 4.90 Å². The molecule has 1 heterocycles. The molecule has 1 aliphatic rings. The molecule has 1 aliphatic heterocycles. The second-order valence-corrected chi connectivity index (χ2v) is 6.79. The van der Waals surface area contributed by atoms with Gasteiger partial charge in [0.25, 0.3) is 0 Å². The van der Waals surface area contributed by atoms with E-state index in [2.05, 4.69) is 4.90 Å². The van der Waals surface area contributed by atoms with Crippen molar-refractivity contribution in [1.29, 1.82) is 0 Å². The number of halogens is 1. The van der Waals surface area contributed by atoms with Crippen LogP contribution >= 0.6 is 0 Å². The molecule has 1 fully saturated rings. The monoisotopic (exact) mass is 302 g/mol. The van der Waals surface area contributed by atoms with Crippen molar-refractivity contribution in [2.75, 3.05) is 45.6 Å². The first-order valence-electron chi connectivity index (χ1n) is 6.51. The van der Waals surface area contributed by atoms with Crippen LogP contribution in [0.15, 0.2) is 24.3 Å². The third-order valence-electron chi connectivity index (χ3n) is 3.29. The van der Waals surface area contributed by atoms with Crippen LogP contribution in [0, 0.1) is 5.82 Å². The number of rotatable bonds is 5. The lowest BCUT2D eigenvalue weighted by molar-refractivity contribution is 0.159. The summed E-state index contributed by atoms with van der Waals surface area (Å²) in [4.78, 5) is 2.16. The molecule has 2 rings (SSSR count). The van der Waals surface area contributed by atoms with Crippen molar-refractivity contribution in [3.05, 3.63) is 30.1 Å². The summed E-state index contributed by atoms with van der Waals surface area (Å²) in [5.74, 6) is 0.357. The van der Waals surface area contributed by atoms with Crippen LogP contribution in [-0.4, -0.2) is 63.2 Å². The first-order chi connectivity index (χ1) is 9.45. The highest BCUT2D eigenvalue weighted by Crippen LogP contribution is 2.11. The van der Waals surface area contributed by atoms with E-state index >= 15 is 0 Å². The Kier molecular flexibility index (Phi) is 4.95. The van der Waals surface area contributed by atoms with Crippen molar-refractivity contribution < 1.29 is 17.5 Å². The maximum atomic E-state index is 12.7. The molecule has 0 aromatic heterocycles. The largest absolute Gasteiger partial charge is 0.492 e. The van der Waals surface area contributed by atoms with Crippen molar-refractivity contribution in [2.45, 2.75) is 0 Å². The van der Waals surface area contributed by atoms with Gasteiger partial charge in [0, 0.05) is 32.7 Å². The lowest BCUT2D eigenvalue weighted by Gasteiger charge is -2.33. The fourth-order valence-corrected chi connectivity index (χ4v) is 2.93. The third kappa shape index (κ3) is 4.43. The quantitative estimate of drug-likeness (QED) is 0.806. The summed E-state index contributed by atoms with van der Waals surface area (Å²) in [5, 5.41) is 0. The predicted molar refractivity (Wildman–Crippen MR) is 74.8 cm³/mol. The van der Waals surface area contributed by atoms with E-state index in [4.69, 9.17) is 4.74 Å². The molecule has 5 nitrogen and oxygen atoms in total. The Morgan fingerprint density at radius 1 is 1.15 bits per heavy atom. The van der Waals surface area contributed by atoms with Gasteiger partial charge in [0.05, 0.1) is 6.26 Å². The average molecular weight is 302 g/mol. The van der Waals surface area contributed by atoms with Crippen LogP contribution in [0.25, 0.3) is 0 Å². The van der Waals surface area contributed by atoms with Crippen molar-refractivity contribution in [2.24, 2.45) is 0 Å². The van der Waals surface area contributed by atoms with Gasteiger partial charge in [0.1, 0.15) is 18.2 Å². The van der Waals surface area contributed by atoms with Crippen molar-refractivity contribution in [3.63, 3.8) is 0 Å². The summed E-state index contributed by atoms with van der Waals surface area (Å²) < 4.78 is 42.5. The Morgan fingerprint density at radius 3 is 2.30 bits per heavy atom. The van der Waals surface area contributed by atoms with Gasteiger partial charge in [-0.25, -0.2) is 12.8 Å². The van der Waals surface area contributed by atoms with E-state index in [1.807, 2.05) is 0 Å². The molecule has 0 bridgehead atoms. The topological polar surface area (TPSA) is 49.9 Å². The molecule has 1 aromatic rings. The maximum absolute atomic E-state index is 12.7. The zero-order valence-corrected chi connectivity index (χ0v) is 12.3.